The lowest BCUT2D eigenvalue weighted by Crippen LogP contribution is -2.57. The first-order valence-corrected chi connectivity index (χ1v) is 19.3. The van der Waals surface area contributed by atoms with Crippen LogP contribution in [-0.4, -0.2) is 75.5 Å². The Morgan fingerprint density at radius 2 is 1.78 bits per heavy atom. The van der Waals surface area contributed by atoms with E-state index in [1.807, 2.05) is 88.7 Å². The highest BCUT2D eigenvalue weighted by atomic mass is 35.5. The Labute approximate surface area is 329 Å². The molecule has 296 valence electrons. The number of nitrogens with two attached hydrogens (primary N) is 2. The van der Waals surface area contributed by atoms with Gasteiger partial charge in [0.15, 0.2) is 0 Å². The number of nitrogens with zero attached hydrogens (tertiary/aromatic N) is 2. The maximum Gasteiger partial charge on any atom is 0.246 e. The quantitative estimate of drug-likeness (QED) is 0.114. The molecular weight excluding hydrogens is 728 g/mol. The van der Waals surface area contributed by atoms with Crippen LogP contribution in [0, 0.1) is 12.3 Å². The van der Waals surface area contributed by atoms with Gasteiger partial charge in [-0.25, -0.2) is 4.98 Å². The second-order valence-corrected chi connectivity index (χ2v) is 16.0. The number of hydrogen-bond acceptors (Lipinski definition) is 9. The third kappa shape index (κ3) is 13.1. The summed E-state index contributed by atoms with van der Waals surface area (Å²) < 4.78 is 6.00. The Hall–Kier alpha value is -4.04. The number of thiazole rings is 1. The van der Waals surface area contributed by atoms with Crippen molar-refractivity contribution in [3.8, 4) is 16.2 Å². The number of aliphatic hydroxyl groups is 1. The van der Waals surface area contributed by atoms with Crippen LogP contribution in [0.4, 0.5) is 0 Å². The van der Waals surface area contributed by atoms with Crippen molar-refractivity contribution >= 4 is 47.4 Å². The van der Waals surface area contributed by atoms with Crippen LogP contribution in [0.15, 0.2) is 54.0 Å². The number of rotatable bonds is 18. The van der Waals surface area contributed by atoms with Gasteiger partial charge in [0.1, 0.15) is 23.9 Å². The van der Waals surface area contributed by atoms with Crippen molar-refractivity contribution in [2.75, 3.05) is 6.54 Å². The second kappa shape index (κ2) is 20.6. The molecule has 1 aliphatic rings. The number of carbonyl (C=O) groups is 4. The number of hydrogen-bond donors (Lipinski definition) is 5. The summed E-state index contributed by atoms with van der Waals surface area (Å²) in [7, 11) is 0. The van der Waals surface area contributed by atoms with Gasteiger partial charge in [-0.2, -0.15) is 0 Å². The first-order valence-electron chi connectivity index (χ1n) is 18.5. The SMILES string of the molecule is Cc1ncsc1-c1ccc(CNC(=O)[C@@H]2C[C@@H](O)CN2C(=O)[C@@H](NC(=O)CCCCCc2cccc(O[C@H](C)[C@@H](N)CCC(N)=O)c2)C(C)(C)C)cc1.Cl. The smallest absolute Gasteiger partial charge is 0.246 e. The summed E-state index contributed by atoms with van der Waals surface area (Å²) in [6, 6.07) is 13.7. The van der Waals surface area contributed by atoms with Gasteiger partial charge in [-0.3, -0.25) is 19.2 Å². The molecule has 1 aliphatic heterocycles. The lowest BCUT2D eigenvalue weighted by molar-refractivity contribution is -0.144. The van der Waals surface area contributed by atoms with E-state index in [2.05, 4.69) is 15.6 Å². The van der Waals surface area contributed by atoms with Crippen molar-refractivity contribution in [1.82, 2.24) is 20.5 Å². The van der Waals surface area contributed by atoms with Gasteiger partial charge in [0.2, 0.25) is 23.6 Å². The number of likely N-dealkylation sites (tertiary alicyclic amines) is 1. The van der Waals surface area contributed by atoms with Crippen LogP contribution in [0.1, 0.15) is 89.5 Å². The summed E-state index contributed by atoms with van der Waals surface area (Å²) in [5.74, 6) is -0.624. The van der Waals surface area contributed by atoms with Crippen LogP contribution in [-0.2, 0) is 32.1 Å². The van der Waals surface area contributed by atoms with Crippen LogP contribution < -0.4 is 26.8 Å². The van der Waals surface area contributed by atoms with Crippen molar-refractivity contribution in [3.05, 3.63) is 70.9 Å². The fraction of sp³-hybridized carbons (Fsp3) is 0.525. The number of aromatic nitrogens is 1. The molecule has 54 heavy (non-hydrogen) atoms. The Kier molecular flexibility index (Phi) is 16.9. The molecule has 1 fully saturated rings. The van der Waals surface area contributed by atoms with Crippen LogP contribution in [0.3, 0.4) is 0 Å². The lowest BCUT2D eigenvalue weighted by Gasteiger charge is -2.35. The van der Waals surface area contributed by atoms with Gasteiger partial charge in [-0.05, 0) is 73.8 Å². The number of primary amides is 1. The molecule has 3 aromatic rings. The molecule has 0 spiro atoms. The summed E-state index contributed by atoms with van der Waals surface area (Å²) >= 11 is 1.58. The highest BCUT2D eigenvalue weighted by Gasteiger charge is 2.44. The molecule has 0 unspecified atom stereocenters. The van der Waals surface area contributed by atoms with Crippen molar-refractivity contribution in [3.63, 3.8) is 0 Å². The highest BCUT2D eigenvalue weighted by molar-refractivity contribution is 7.13. The molecule has 5 atom stereocenters. The van der Waals surface area contributed by atoms with Gasteiger partial charge in [0.25, 0.3) is 0 Å². The minimum atomic E-state index is -0.868. The topological polar surface area (TPSA) is 190 Å². The van der Waals surface area contributed by atoms with E-state index in [4.69, 9.17) is 16.2 Å². The van der Waals surface area contributed by atoms with E-state index in [1.54, 1.807) is 11.3 Å². The van der Waals surface area contributed by atoms with Crippen molar-refractivity contribution in [2.45, 2.75) is 123 Å². The van der Waals surface area contributed by atoms with Gasteiger partial charge in [0, 0.05) is 38.4 Å². The number of carbonyl (C=O) groups excluding carboxylic acids is 4. The molecular formula is C40H57ClN6O6S. The Morgan fingerprint density at radius 3 is 2.43 bits per heavy atom. The standard InChI is InChI=1S/C40H56N6O6S.ClH/c1-25-36(53-24-44-25)29-16-14-28(15-17-29)22-43-38(50)33-21-30(47)23-46(33)39(51)37(40(3,4)5)45-35(49)13-8-6-7-10-27-11-9-12-31(20-27)52-26(2)32(41)18-19-34(42)48;/h9,11-12,14-17,20,24,26,30,32-33,37,47H,6-8,10,13,18-19,21-23,41H2,1-5H3,(H2,42,48)(H,43,50)(H,45,49);1H/t26-,30-,32+,33+,37-;/m1./s1. The summed E-state index contributed by atoms with van der Waals surface area (Å²) in [5.41, 5.74) is 16.6. The molecule has 12 nitrogen and oxygen atoms in total. The average Bonchev–Trinajstić information content (AvgIpc) is 3.73. The number of aryl methyl sites for hydroxylation is 2. The number of benzene rings is 2. The molecule has 1 aromatic heterocycles. The normalized spacial score (nSPS) is 17.2. The molecule has 2 aromatic carbocycles. The maximum absolute atomic E-state index is 13.9. The minimum Gasteiger partial charge on any atom is -0.489 e. The Balaban J connectivity index is 0.00000784. The van der Waals surface area contributed by atoms with Crippen molar-refractivity contribution in [2.24, 2.45) is 16.9 Å². The first kappa shape index (κ1) is 44.4. The van der Waals surface area contributed by atoms with Crippen molar-refractivity contribution in [1.29, 1.82) is 0 Å². The third-order valence-electron chi connectivity index (χ3n) is 9.63. The molecule has 0 radical (unpaired) electrons. The number of aliphatic hydroxyl groups excluding tert-OH is 1. The largest absolute Gasteiger partial charge is 0.489 e. The van der Waals surface area contributed by atoms with E-state index in [9.17, 15) is 24.3 Å². The monoisotopic (exact) mass is 784 g/mol. The van der Waals surface area contributed by atoms with Gasteiger partial charge in [0.05, 0.1) is 22.2 Å². The van der Waals surface area contributed by atoms with E-state index >= 15 is 0 Å². The van der Waals surface area contributed by atoms with E-state index in [0.717, 1.165) is 46.5 Å². The predicted octanol–water partition coefficient (Wildman–Crippen LogP) is 4.81. The van der Waals surface area contributed by atoms with Gasteiger partial charge < -0.3 is 36.8 Å². The molecule has 4 amide bonds. The number of β-amino-alcohol motifs (C(OH)–C–C–N with tert-alkyl or cyclic N) is 1. The number of halogens is 1. The average molecular weight is 785 g/mol. The molecule has 0 aliphatic carbocycles. The number of nitrogens with one attached hydrogen (secondary N) is 2. The summed E-state index contributed by atoms with van der Waals surface area (Å²) in [5, 5.41) is 16.4. The fourth-order valence-corrected chi connectivity index (χ4v) is 7.24. The minimum absolute atomic E-state index is 0. The maximum atomic E-state index is 13.9. The van der Waals surface area contributed by atoms with E-state index < -0.39 is 23.6 Å². The Morgan fingerprint density at radius 1 is 1.06 bits per heavy atom. The van der Waals surface area contributed by atoms with Crippen LogP contribution in [0.2, 0.25) is 0 Å². The molecule has 4 rings (SSSR count). The molecule has 0 saturated carbocycles. The van der Waals surface area contributed by atoms with Crippen LogP contribution >= 0.6 is 23.7 Å². The lowest BCUT2D eigenvalue weighted by atomic mass is 9.85. The first-order chi connectivity index (χ1) is 25.1. The molecule has 14 heteroatoms. The summed E-state index contributed by atoms with van der Waals surface area (Å²) in [6.07, 6.45) is 3.09. The van der Waals surface area contributed by atoms with E-state index in [-0.39, 0.29) is 80.5 Å². The fourth-order valence-electron chi connectivity index (χ4n) is 6.42. The number of amides is 4. The third-order valence-corrected chi connectivity index (χ3v) is 10.6. The number of ether oxygens (including phenoxy) is 1. The van der Waals surface area contributed by atoms with Gasteiger partial charge in [-0.1, -0.05) is 63.6 Å². The molecule has 0 bridgehead atoms. The van der Waals surface area contributed by atoms with Gasteiger partial charge in [-0.15, -0.1) is 23.7 Å². The number of unbranched alkanes of at least 4 members (excludes halogenated alkanes) is 2. The van der Waals surface area contributed by atoms with Crippen molar-refractivity contribution < 1.29 is 29.0 Å². The van der Waals surface area contributed by atoms with Crippen LogP contribution in [0.25, 0.3) is 10.4 Å². The van der Waals surface area contributed by atoms with Crippen LogP contribution in [0.5, 0.6) is 5.75 Å². The zero-order chi connectivity index (χ0) is 38.7. The summed E-state index contributed by atoms with van der Waals surface area (Å²) in [4.78, 5) is 58.4. The van der Waals surface area contributed by atoms with E-state index in [0.29, 0.717) is 18.6 Å². The molecule has 2 heterocycles. The molecule has 7 N–H and O–H groups in total. The van der Waals surface area contributed by atoms with E-state index in [1.165, 1.54) is 4.90 Å². The zero-order valence-electron chi connectivity index (χ0n) is 32.0. The predicted molar refractivity (Wildman–Crippen MR) is 214 cm³/mol. The summed E-state index contributed by atoms with van der Waals surface area (Å²) in [6.45, 7) is 9.78. The zero-order valence-corrected chi connectivity index (χ0v) is 33.6. The molecule has 1 saturated heterocycles. The Bertz CT molecular complexity index is 1700. The second-order valence-electron chi connectivity index (χ2n) is 15.1. The van der Waals surface area contributed by atoms with Gasteiger partial charge >= 0.3 is 0 Å². The highest BCUT2D eigenvalue weighted by Crippen LogP contribution is 2.28.